The smallest absolute Gasteiger partial charge is 0.311 e. The summed E-state index contributed by atoms with van der Waals surface area (Å²) < 4.78 is 29.1. The number of nitrogens with one attached hydrogen (secondary N) is 1. The zero-order valence-corrected chi connectivity index (χ0v) is 18.0. The molecule has 3 atom stereocenters. The third-order valence-corrected chi connectivity index (χ3v) is 5.82. The predicted octanol–water partition coefficient (Wildman–Crippen LogP) is 0.718. The first-order chi connectivity index (χ1) is 14.1. The highest BCUT2D eigenvalue weighted by Crippen LogP contribution is 2.16. The number of unbranched alkanes of at least 4 members (excludes halogenated alkanes) is 1. The molecule has 2 aromatic heterocycles. The zero-order chi connectivity index (χ0) is 22.3. The molecule has 0 spiro atoms. The van der Waals surface area contributed by atoms with Gasteiger partial charge in [0.2, 0.25) is 10.0 Å². The lowest BCUT2D eigenvalue weighted by Crippen LogP contribution is -2.50. The Morgan fingerprint density at radius 2 is 1.97 bits per heavy atom. The van der Waals surface area contributed by atoms with Gasteiger partial charge in [-0.2, -0.15) is 4.98 Å². The maximum atomic E-state index is 12.7. The molecule has 10 nitrogen and oxygen atoms in total. The molecule has 3 unspecified atom stereocenters. The number of hydrogen-bond donors (Lipinski definition) is 3. The highest BCUT2D eigenvalue weighted by atomic mass is 32.2. The van der Waals surface area contributed by atoms with E-state index in [1.807, 2.05) is 6.92 Å². The minimum atomic E-state index is -3.60. The zero-order valence-electron chi connectivity index (χ0n) is 17.2. The molecule has 0 saturated heterocycles. The largest absolute Gasteiger partial charge is 0.430 e. The highest BCUT2D eigenvalue weighted by Gasteiger charge is 2.29. The Kier molecular flexibility index (Phi) is 8.33. The molecule has 2 heterocycles. The van der Waals surface area contributed by atoms with Gasteiger partial charge in [-0.1, -0.05) is 19.8 Å². The van der Waals surface area contributed by atoms with E-state index in [4.69, 9.17) is 4.42 Å². The number of oxazole rings is 1. The summed E-state index contributed by atoms with van der Waals surface area (Å²) in [7, 11) is -2.35. The van der Waals surface area contributed by atoms with E-state index in [1.54, 1.807) is 24.5 Å². The summed E-state index contributed by atoms with van der Waals surface area (Å²) in [6.45, 7) is 1.98. The Morgan fingerprint density at radius 3 is 2.57 bits per heavy atom. The van der Waals surface area contributed by atoms with Gasteiger partial charge in [0, 0.05) is 19.4 Å². The number of carbonyl (C=O) groups is 1. The van der Waals surface area contributed by atoms with Crippen LogP contribution in [0.3, 0.4) is 0 Å². The van der Waals surface area contributed by atoms with Crippen molar-refractivity contribution < 1.29 is 27.8 Å². The molecule has 0 aromatic carbocycles. The average molecular weight is 441 g/mol. The molecule has 1 amide bonds. The molecule has 0 bridgehead atoms. The van der Waals surface area contributed by atoms with Crippen LogP contribution < -0.4 is 9.62 Å². The van der Waals surface area contributed by atoms with Crippen LogP contribution in [0.5, 0.6) is 0 Å². The van der Waals surface area contributed by atoms with E-state index in [0.29, 0.717) is 6.42 Å². The summed E-state index contributed by atoms with van der Waals surface area (Å²) in [6, 6.07) is 2.44. The fourth-order valence-corrected chi connectivity index (χ4v) is 3.15. The Morgan fingerprint density at radius 1 is 1.30 bits per heavy atom. The van der Waals surface area contributed by atoms with E-state index < -0.39 is 34.2 Å². The number of pyridine rings is 1. The Bertz CT molecular complexity index is 918. The molecule has 30 heavy (non-hydrogen) atoms. The second-order valence-electron chi connectivity index (χ2n) is 7.09. The highest BCUT2D eigenvalue weighted by molar-refractivity contribution is 7.92. The van der Waals surface area contributed by atoms with Crippen molar-refractivity contribution in [2.24, 2.45) is 0 Å². The summed E-state index contributed by atoms with van der Waals surface area (Å²) in [5.41, 5.74) is 0.671. The summed E-state index contributed by atoms with van der Waals surface area (Å²) in [6.07, 6.45) is 5.24. The van der Waals surface area contributed by atoms with Crippen molar-refractivity contribution in [2.45, 2.75) is 50.9 Å². The second kappa shape index (κ2) is 10.5. The van der Waals surface area contributed by atoms with Gasteiger partial charge in [0.1, 0.15) is 12.4 Å². The molecule has 0 saturated carbocycles. The van der Waals surface area contributed by atoms with Crippen LogP contribution in [0.2, 0.25) is 0 Å². The van der Waals surface area contributed by atoms with E-state index in [0.717, 1.165) is 35.2 Å². The third-order valence-electron chi connectivity index (χ3n) is 4.67. The molecule has 2 aromatic rings. The number of amides is 1. The lowest BCUT2D eigenvalue weighted by Gasteiger charge is -2.27. The SMILES string of the molecule is CCCCC(O)C(O)C(Cc1ccncc1)NC(=O)c1coc(N(C)S(C)(=O)=O)n1. The minimum absolute atomic E-state index is 0.143. The first-order valence-electron chi connectivity index (χ1n) is 9.58. The molecule has 0 aliphatic carbocycles. The lowest BCUT2D eigenvalue weighted by atomic mass is 9.95. The van der Waals surface area contributed by atoms with E-state index in [9.17, 15) is 23.4 Å². The number of rotatable bonds is 11. The average Bonchev–Trinajstić information content (AvgIpc) is 3.20. The van der Waals surface area contributed by atoms with Gasteiger partial charge < -0.3 is 19.9 Å². The van der Waals surface area contributed by atoms with Crippen LogP contribution >= 0.6 is 0 Å². The second-order valence-corrected chi connectivity index (χ2v) is 9.10. The number of sulfonamides is 1. The van der Waals surface area contributed by atoms with Crippen molar-refractivity contribution in [1.29, 1.82) is 0 Å². The number of aromatic nitrogens is 2. The van der Waals surface area contributed by atoms with Crippen LogP contribution in [0.1, 0.15) is 42.2 Å². The van der Waals surface area contributed by atoms with E-state index >= 15 is 0 Å². The molecular weight excluding hydrogens is 412 g/mol. The van der Waals surface area contributed by atoms with Gasteiger partial charge >= 0.3 is 6.01 Å². The number of carbonyl (C=O) groups excluding carboxylic acids is 1. The molecule has 0 radical (unpaired) electrons. The first kappa shape index (κ1) is 23.8. The van der Waals surface area contributed by atoms with Gasteiger partial charge in [-0.15, -0.1) is 0 Å². The molecule has 166 valence electrons. The Labute approximate surface area is 176 Å². The van der Waals surface area contributed by atoms with Gasteiger partial charge in [-0.3, -0.25) is 9.78 Å². The summed E-state index contributed by atoms with van der Waals surface area (Å²) in [5, 5.41) is 23.6. The maximum absolute atomic E-state index is 12.7. The minimum Gasteiger partial charge on any atom is -0.430 e. The standard InChI is InChI=1S/C19H28N4O6S/c1-4-5-6-16(24)17(25)14(11-13-7-9-20-10-8-13)21-18(26)15-12-29-19(22-15)23(2)30(3,27)28/h7-10,12,14,16-17,24-25H,4-6,11H2,1-3H3,(H,21,26). The van der Waals surface area contributed by atoms with Crippen molar-refractivity contribution in [3.05, 3.63) is 42.0 Å². The lowest BCUT2D eigenvalue weighted by molar-refractivity contribution is -0.00818. The van der Waals surface area contributed by atoms with Crippen molar-refractivity contribution in [2.75, 3.05) is 17.6 Å². The van der Waals surface area contributed by atoms with Gasteiger partial charge in [0.05, 0.1) is 18.4 Å². The van der Waals surface area contributed by atoms with Crippen molar-refractivity contribution in [3.8, 4) is 0 Å². The van der Waals surface area contributed by atoms with E-state index in [2.05, 4.69) is 15.3 Å². The van der Waals surface area contributed by atoms with Crippen molar-refractivity contribution in [3.63, 3.8) is 0 Å². The van der Waals surface area contributed by atoms with Crippen LogP contribution in [-0.4, -0.2) is 66.1 Å². The van der Waals surface area contributed by atoms with Crippen molar-refractivity contribution >= 4 is 21.9 Å². The summed E-state index contributed by atoms with van der Waals surface area (Å²) in [5.74, 6) is -0.660. The number of hydrogen-bond acceptors (Lipinski definition) is 8. The van der Waals surface area contributed by atoms with Gasteiger partial charge in [-0.25, -0.2) is 12.7 Å². The van der Waals surface area contributed by atoms with E-state index in [1.165, 1.54) is 7.05 Å². The fourth-order valence-electron chi connectivity index (χ4n) is 2.78. The predicted molar refractivity (Wildman–Crippen MR) is 110 cm³/mol. The van der Waals surface area contributed by atoms with Crippen LogP contribution in [-0.2, 0) is 16.4 Å². The number of anilines is 1. The molecule has 0 aliphatic heterocycles. The maximum Gasteiger partial charge on any atom is 0.311 e. The van der Waals surface area contributed by atoms with Gasteiger partial charge in [-0.05, 0) is 30.5 Å². The van der Waals surface area contributed by atoms with Crippen LogP contribution in [0.15, 0.2) is 35.2 Å². The van der Waals surface area contributed by atoms with Crippen molar-refractivity contribution in [1.82, 2.24) is 15.3 Å². The van der Waals surface area contributed by atoms with Crippen LogP contribution in [0.25, 0.3) is 0 Å². The molecular formula is C19H28N4O6S. The molecule has 3 N–H and O–H groups in total. The third kappa shape index (κ3) is 6.51. The molecule has 0 aliphatic rings. The number of nitrogens with zero attached hydrogens (tertiary/aromatic N) is 3. The summed E-state index contributed by atoms with van der Waals surface area (Å²) >= 11 is 0. The molecule has 2 rings (SSSR count). The van der Waals surface area contributed by atoms with Gasteiger partial charge in [0.25, 0.3) is 5.91 Å². The quantitative estimate of drug-likeness (QED) is 0.463. The topological polar surface area (TPSA) is 146 Å². The first-order valence-corrected chi connectivity index (χ1v) is 11.4. The normalized spacial score (nSPS) is 14.7. The Hall–Kier alpha value is -2.50. The van der Waals surface area contributed by atoms with Crippen LogP contribution in [0, 0.1) is 0 Å². The number of aliphatic hydroxyl groups excluding tert-OH is 2. The fraction of sp³-hybridized carbons (Fsp3) is 0.526. The van der Waals surface area contributed by atoms with E-state index in [-0.39, 0.29) is 18.1 Å². The Balaban J connectivity index is 2.18. The molecule has 0 fully saturated rings. The van der Waals surface area contributed by atoms with Gasteiger partial charge in [0.15, 0.2) is 5.69 Å². The molecule has 11 heteroatoms. The monoisotopic (exact) mass is 440 g/mol. The summed E-state index contributed by atoms with van der Waals surface area (Å²) in [4.78, 5) is 20.5. The van der Waals surface area contributed by atoms with Crippen LogP contribution in [0.4, 0.5) is 6.01 Å². The number of aliphatic hydroxyl groups is 2.